The Balaban J connectivity index is 2.34. The van der Waals surface area contributed by atoms with Crippen LogP contribution in [-0.2, 0) is 0 Å². The highest BCUT2D eigenvalue weighted by atomic mass is 35.5. The van der Waals surface area contributed by atoms with Crippen molar-refractivity contribution < 1.29 is 4.92 Å². The topological polar surface area (TPSA) is 55.5 Å². The highest BCUT2D eigenvalue weighted by Gasteiger charge is 2.12. The van der Waals surface area contributed by atoms with Crippen LogP contribution in [0, 0.1) is 17.0 Å². The van der Waals surface area contributed by atoms with Crippen molar-refractivity contribution in [3.8, 4) is 0 Å². The monoisotopic (exact) mass is 274 g/mol. The van der Waals surface area contributed by atoms with Crippen LogP contribution in [-0.4, -0.2) is 11.1 Å². The first-order valence-electron chi connectivity index (χ1n) is 5.61. The first-order chi connectivity index (χ1) is 9.08. The highest BCUT2D eigenvalue weighted by molar-refractivity contribution is 6.30. The summed E-state index contributed by atoms with van der Waals surface area (Å²) in [6.07, 6.45) is 1.64. The lowest BCUT2D eigenvalue weighted by Gasteiger charge is -2.01. The second-order valence-corrected chi connectivity index (χ2v) is 4.43. The van der Waals surface area contributed by atoms with E-state index < -0.39 is 4.92 Å². The summed E-state index contributed by atoms with van der Waals surface area (Å²) in [5.74, 6) is 0. The third-order valence-electron chi connectivity index (χ3n) is 2.67. The fourth-order valence-corrected chi connectivity index (χ4v) is 1.88. The first kappa shape index (κ1) is 13.2. The predicted molar refractivity (Wildman–Crippen MR) is 76.5 cm³/mol. The van der Waals surface area contributed by atoms with E-state index in [4.69, 9.17) is 11.6 Å². The Bertz CT molecular complexity index is 654. The molecule has 0 spiro atoms. The van der Waals surface area contributed by atoms with Gasteiger partial charge in [-0.25, -0.2) is 0 Å². The average Bonchev–Trinajstić information content (AvgIpc) is 2.37. The van der Waals surface area contributed by atoms with E-state index in [0.717, 1.165) is 5.56 Å². The molecule has 2 rings (SSSR count). The van der Waals surface area contributed by atoms with Crippen molar-refractivity contribution >= 4 is 29.2 Å². The molecule has 0 bridgehead atoms. The summed E-state index contributed by atoms with van der Waals surface area (Å²) in [6, 6.07) is 12.1. The molecule has 2 aromatic rings. The van der Waals surface area contributed by atoms with Gasteiger partial charge in [0.1, 0.15) is 0 Å². The minimum Gasteiger partial charge on any atom is -0.258 e. The Morgan fingerprint density at radius 2 is 2.00 bits per heavy atom. The number of benzene rings is 2. The molecule has 19 heavy (non-hydrogen) atoms. The summed E-state index contributed by atoms with van der Waals surface area (Å²) in [7, 11) is 0. The maximum absolute atomic E-state index is 10.8. The van der Waals surface area contributed by atoms with Crippen molar-refractivity contribution in [3.63, 3.8) is 0 Å². The molecule has 0 aliphatic heterocycles. The lowest BCUT2D eigenvalue weighted by atomic mass is 10.1. The minimum absolute atomic E-state index is 0.0701. The van der Waals surface area contributed by atoms with E-state index in [0.29, 0.717) is 16.3 Å². The van der Waals surface area contributed by atoms with E-state index in [2.05, 4.69) is 4.99 Å². The third-order valence-corrected chi connectivity index (χ3v) is 2.91. The van der Waals surface area contributed by atoms with Gasteiger partial charge in [0.05, 0.1) is 16.2 Å². The predicted octanol–water partition coefficient (Wildman–Crippen LogP) is 4.31. The van der Waals surface area contributed by atoms with Gasteiger partial charge < -0.3 is 0 Å². The van der Waals surface area contributed by atoms with Crippen LogP contribution < -0.4 is 0 Å². The first-order valence-corrected chi connectivity index (χ1v) is 5.99. The third kappa shape index (κ3) is 3.17. The number of nitrogens with zero attached hydrogens (tertiary/aromatic N) is 2. The van der Waals surface area contributed by atoms with Gasteiger partial charge in [-0.3, -0.25) is 15.1 Å². The van der Waals surface area contributed by atoms with Crippen LogP contribution in [0.25, 0.3) is 0 Å². The Labute approximate surface area is 115 Å². The molecule has 0 saturated carbocycles. The molecule has 4 nitrogen and oxygen atoms in total. The van der Waals surface area contributed by atoms with Crippen molar-refractivity contribution in [3.05, 3.63) is 68.7 Å². The van der Waals surface area contributed by atoms with Gasteiger partial charge in [-0.15, -0.1) is 0 Å². The molecule has 0 N–H and O–H groups in total. The largest absolute Gasteiger partial charge is 0.274 e. The van der Waals surface area contributed by atoms with Crippen molar-refractivity contribution in [1.82, 2.24) is 0 Å². The van der Waals surface area contributed by atoms with E-state index in [9.17, 15) is 10.1 Å². The molecule has 5 heteroatoms. The summed E-state index contributed by atoms with van der Waals surface area (Å²) in [6.45, 7) is 1.68. The Hall–Kier alpha value is -2.20. The average molecular weight is 275 g/mol. The standard InChI is InChI=1S/C14H11ClN2O2/c1-10-13(6-3-7-14(10)17(18)19)16-9-11-4-2-5-12(15)8-11/h2-9H,1H3. The molecule has 0 radical (unpaired) electrons. The zero-order chi connectivity index (χ0) is 13.8. The molecular weight excluding hydrogens is 264 g/mol. The zero-order valence-electron chi connectivity index (χ0n) is 10.2. The Morgan fingerprint density at radius 1 is 1.26 bits per heavy atom. The molecule has 0 saturated heterocycles. The molecule has 0 aliphatic carbocycles. The SMILES string of the molecule is Cc1c(N=Cc2cccc(Cl)c2)cccc1[N+](=O)[O-]. The molecule has 0 fully saturated rings. The van der Waals surface area contributed by atoms with Gasteiger partial charge in [-0.1, -0.05) is 29.8 Å². The second kappa shape index (κ2) is 5.63. The van der Waals surface area contributed by atoms with Crippen LogP contribution >= 0.6 is 11.6 Å². The summed E-state index contributed by atoms with van der Waals surface area (Å²) >= 11 is 5.87. The Kier molecular flexibility index (Phi) is 3.92. The lowest BCUT2D eigenvalue weighted by Crippen LogP contribution is -1.91. The Morgan fingerprint density at radius 3 is 2.68 bits per heavy atom. The summed E-state index contributed by atoms with van der Waals surface area (Å²) in [4.78, 5) is 14.7. The zero-order valence-corrected chi connectivity index (χ0v) is 11.0. The van der Waals surface area contributed by atoms with E-state index in [1.165, 1.54) is 6.07 Å². The van der Waals surface area contributed by atoms with Gasteiger partial charge in [0.2, 0.25) is 0 Å². The smallest absolute Gasteiger partial charge is 0.258 e. The number of aliphatic imine (C=N–C) groups is 1. The van der Waals surface area contributed by atoms with Crippen molar-refractivity contribution in [2.75, 3.05) is 0 Å². The normalized spacial score (nSPS) is 10.8. The molecule has 0 atom stereocenters. The van der Waals surface area contributed by atoms with Gasteiger partial charge in [0.25, 0.3) is 5.69 Å². The molecule has 0 amide bonds. The number of nitro groups is 1. The molecule has 96 valence electrons. The molecule has 0 heterocycles. The quantitative estimate of drug-likeness (QED) is 0.476. The van der Waals surface area contributed by atoms with Crippen LogP contribution in [0.15, 0.2) is 47.5 Å². The maximum atomic E-state index is 10.8. The molecule has 0 aliphatic rings. The number of rotatable bonds is 3. The van der Waals surface area contributed by atoms with E-state index >= 15 is 0 Å². The number of hydrogen-bond donors (Lipinski definition) is 0. The summed E-state index contributed by atoms with van der Waals surface area (Å²) in [5.41, 5.74) is 2.04. The molecule has 0 unspecified atom stereocenters. The number of hydrogen-bond acceptors (Lipinski definition) is 3. The fraction of sp³-hybridized carbons (Fsp3) is 0.0714. The van der Waals surface area contributed by atoms with E-state index in [1.807, 2.05) is 12.1 Å². The van der Waals surface area contributed by atoms with Crippen LogP contribution in [0.2, 0.25) is 5.02 Å². The van der Waals surface area contributed by atoms with Crippen LogP contribution in [0.4, 0.5) is 11.4 Å². The molecule has 2 aromatic carbocycles. The van der Waals surface area contributed by atoms with Crippen LogP contribution in [0.5, 0.6) is 0 Å². The number of halogens is 1. The second-order valence-electron chi connectivity index (χ2n) is 3.99. The van der Waals surface area contributed by atoms with Gasteiger partial charge in [0, 0.05) is 17.3 Å². The highest BCUT2D eigenvalue weighted by Crippen LogP contribution is 2.27. The fourth-order valence-electron chi connectivity index (χ4n) is 1.68. The van der Waals surface area contributed by atoms with Crippen LogP contribution in [0.1, 0.15) is 11.1 Å². The van der Waals surface area contributed by atoms with E-state index in [-0.39, 0.29) is 5.69 Å². The molecular formula is C14H11ClN2O2. The van der Waals surface area contributed by atoms with Gasteiger partial charge in [-0.2, -0.15) is 0 Å². The van der Waals surface area contributed by atoms with Crippen molar-refractivity contribution in [2.24, 2.45) is 4.99 Å². The van der Waals surface area contributed by atoms with Gasteiger partial charge >= 0.3 is 0 Å². The lowest BCUT2D eigenvalue weighted by molar-refractivity contribution is -0.385. The van der Waals surface area contributed by atoms with Crippen molar-refractivity contribution in [2.45, 2.75) is 6.92 Å². The summed E-state index contributed by atoms with van der Waals surface area (Å²) in [5, 5.41) is 11.5. The number of nitro benzene ring substituents is 1. The van der Waals surface area contributed by atoms with Crippen LogP contribution in [0.3, 0.4) is 0 Å². The van der Waals surface area contributed by atoms with Gasteiger partial charge in [0.15, 0.2) is 0 Å². The maximum Gasteiger partial charge on any atom is 0.274 e. The minimum atomic E-state index is -0.409. The van der Waals surface area contributed by atoms with Crippen molar-refractivity contribution in [1.29, 1.82) is 0 Å². The summed E-state index contributed by atoms with van der Waals surface area (Å²) < 4.78 is 0. The van der Waals surface area contributed by atoms with E-state index in [1.54, 1.807) is 37.4 Å². The molecule has 0 aromatic heterocycles. The van der Waals surface area contributed by atoms with Gasteiger partial charge in [-0.05, 0) is 30.7 Å².